The molecule has 0 aliphatic heterocycles. The summed E-state index contributed by atoms with van der Waals surface area (Å²) in [5.74, 6) is 0.619. The van der Waals surface area contributed by atoms with E-state index < -0.39 is 0 Å². The first-order valence-corrected chi connectivity index (χ1v) is 6.93. The van der Waals surface area contributed by atoms with E-state index in [4.69, 9.17) is 0 Å². The van der Waals surface area contributed by atoms with Crippen LogP contribution in [0.3, 0.4) is 0 Å². The van der Waals surface area contributed by atoms with Crippen LogP contribution < -0.4 is 4.90 Å². The standard InChI is InChI=1S/C15H15N3OS/c1-3-9-18(2)14-13(10-19)15(17-11-16-14)20-12-7-5-4-6-8-12/h3-8,10-11H,1,9H2,2H3. The molecule has 0 radical (unpaired) electrons. The maximum absolute atomic E-state index is 11.4. The molecule has 0 amide bonds. The van der Waals surface area contributed by atoms with Crippen molar-refractivity contribution in [3.63, 3.8) is 0 Å². The molecule has 20 heavy (non-hydrogen) atoms. The number of hydrogen-bond acceptors (Lipinski definition) is 5. The zero-order chi connectivity index (χ0) is 14.4. The molecule has 0 atom stereocenters. The van der Waals surface area contributed by atoms with E-state index in [9.17, 15) is 4.79 Å². The molecule has 1 heterocycles. The second-order valence-electron chi connectivity index (χ2n) is 4.12. The van der Waals surface area contributed by atoms with E-state index in [1.807, 2.05) is 42.3 Å². The SMILES string of the molecule is C=CCN(C)c1ncnc(Sc2ccccc2)c1C=O. The lowest BCUT2D eigenvalue weighted by Gasteiger charge is -2.18. The van der Waals surface area contributed by atoms with Crippen LogP contribution in [0.1, 0.15) is 10.4 Å². The number of likely N-dealkylation sites (N-methyl/N-ethyl adjacent to an activating group) is 1. The summed E-state index contributed by atoms with van der Waals surface area (Å²) in [6, 6.07) is 9.82. The minimum atomic E-state index is 0.505. The van der Waals surface area contributed by atoms with Gasteiger partial charge in [-0.15, -0.1) is 6.58 Å². The van der Waals surface area contributed by atoms with E-state index in [1.165, 1.54) is 18.1 Å². The Bertz CT molecular complexity index is 601. The van der Waals surface area contributed by atoms with Gasteiger partial charge < -0.3 is 4.90 Å². The Morgan fingerprint density at radius 2 is 2.05 bits per heavy atom. The third-order valence-electron chi connectivity index (χ3n) is 2.67. The number of anilines is 1. The minimum absolute atomic E-state index is 0.505. The van der Waals surface area contributed by atoms with Crippen LogP contribution in [0, 0.1) is 0 Å². The number of nitrogens with zero attached hydrogens (tertiary/aromatic N) is 3. The van der Waals surface area contributed by atoms with Gasteiger partial charge in [0.25, 0.3) is 0 Å². The molecule has 0 bridgehead atoms. The van der Waals surface area contributed by atoms with Crippen LogP contribution in [-0.4, -0.2) is 29.8 Å². The molecule has 0 saturated carbocycles. The van der Waals surface area contributed by atoms with Crippen LogP contribution in [-0.2, 0) is 0 Å². The zero-order valence-corrected chi connectivity index (χ0v) is 12.0. The van der Waals surface area contributed by atoms with Gasteiger partial charge in [0, 0.05) is 18.5 Å². The average Bonchev–Trinajstić information content (AvgIpc) is 2.48. The monoisotopic (exact) mass is 285 g/mol. The lowest BCUT2D eigenvalue weighted by atomic mass is 10.3. The fourth-order valence-electron chi connectivity index (χ4n) is 1.74. The molecule has 0 saturated heterocycles. The van der Waals surface area contributed by atoms with Gasteiger partial charge in [-0.25, -0.2) is 9.97 Å². The second-order valence-corrected chi connectivity index (χ2v) is 5.18. The Morgan fingerprint density at radius 3 is 2.70 bits per heavy atom. The summed E-state index contributed by atoms with van der Waals surface area (Å²) in [7, 11) is 1.87. The molecule has 1 aromatic heterocycles. The number of hydrogen-bond donors (Lipinski definition) is 0. The highest BCUT2D eigenvalue weighted by Gasteiger charge is 2.14. The maximum Gasteiger partial charge on any atom is 0.156 e. The first-order valence-electron chi connectivity index (χ1n) is 6.11. The molecule has 0 unspecified atom stereocenters. The molecule has 0 fully saturated rings. The molecule has 2 aromatic rings. The summed E-state index contributed by atoms with van der Waals surface area (Å²) >= 11 is 1.45. The summed E-state index contributed by atoms with van der Waals surface area (Å²) in [6.45, 7) is 4.31. The van der Waals surface area contributed by atoms with E-state index in [-0.39, 0.29) is 0 Å². The highest BCUT2D eigenvalue weighted by molar-refractivity contribution is 7.99. The second kappa shape index (κ2) is 6.86. The summed E-state index contributed by atoms with van der Waals surface area (Å²) in [6.07, 6.45) is 4.05. The molecule has 5 heteroatoms. The number of benzene rings is 1. The summed E-state index contributed by atoms with van der Waals surface area (Å²) in [5, 5.41) is 0.659. The summed E-state index contributed by atoms with van der Waals surface area (Å²) in [4.78, 5) is 22.7. The number of aldehydes is 1. The van der Waals surface area contributed by atoms with Crippen molar-refractivity contribution in [2.75, 3.05) is 18.5 Å². The van der Waals surface area contributed by atoms with Crippen LogP contribution in [0.25, 0.3) is 0 Å². The van der Waals surface area contributed by atoms with E-state index in [0.29, 0.717) is 23.0 Å². The minimum Gasteiger partial charge on any atom is -0.355 e. The fourth-order valence-corrected chi connectivity index (χ4v) is 2.61. The van der Waals surface area contributed by atoms with Crippen molar-refractivity contribution in [1.82, 2.24) is 9.97 Å². The van der Waals surface area contributed by atoms with Crippen LogP contribution in [0.5, 0.6) is 0 Å². The number of rotatable bonds is 6. The highest BCUT2D eigenvalue weighted by atomic mass is 32.2. The van der Waals surface area contributed by atoms with Gasteiger partial charge in [0.2, 0.25) is 0 Å². The van der Waals surface area contributed by atoms with E-state index in [1.54, 1.807) is 6.08 Å². The number of carbonyl (C=O) groups excluding carboxylic acids is 1. The van der Waals surface area contributed by atoms with E-state index in [0.717, 1.165) is 11.2 Å². The fraction of sp³-hybridized carbons (Fsp3) is 0.133. The zero-order valence-electron chi connectivity index (χ0n) is 11.2. The van der Waals surface area contributed by atoms with Crippen LogP contribution >= 0.6 is 11.8 Å². The van der Waals surface area contributed by atoms with Gasteiger partial charge in [-0.2, -0.15) is 0 Å². The predicted molar refractivity (Wildman–Crippen MR) is 81.5 cm³/mol. The topological polar surface area (TPSA) is 46.1 Å². The van der Waals surface area contributed by atoms with Gasteiger partial charge in [0.1, 0.15) is 17.2 Å². The van der Waals surface area contributed by atoms with E-state index in [2.05, 4.69) is 16.5 Å². The molecule has 4 nitrogen and oxygen atoms in total. The van der Waals surface area contributed by atoms with Gasteiger partial charge in [-0.3, -0.25) is 4.79 Å². The molecule has 0 spiro atoms. The highest BCUT2D eigenvalue weighted by Crippen LogP contribution is 2.30. The van der Waals surface area contributed by atoms with Gasteiger partial charge in [0.15, 0.2) is 6.29 Å². The largest absolute Gasteiger partial charge is 0.355 e. The molecule has 0 aliphatic carbocycles. The van der Waals surface area contributed by atoms with Crippen molar-refractivity contribution in [1.29, 1.82) is 0 Å². The van der Waals surface area contributed by atoms with Crippen molar-refractivity contribution in [3.05, 3.63) is 54.9 Å². The van der Waals surface area contributed by atoms with Crippen molar-refractivity contribution in [3.8, 4) is 0 Å². The third kappa shape index (κ3) is 3.24. The van der Waals surface area contributed by atoms with Crippen molar-refractivity contribution in [2.24, 2.45) is 0 Å². The Labute approximate surface area is 122 Å². The Kier molecular flexibility index (Phi) is 4.90. The summed E-state index contributed by atoms with van der Waals surface area (Å²) in [5.41, 5.74) is 0.505. The average molecular weight is 285 g/mol. The van der Waals surface area contributed by atoms with Crippen LogP contribution in [0.2, 0.25) is 0 Å². The van der Waals surface area contributed by atoms with Gasteiger partial charge in [-0.1, -0.05) is 36.0 Å². The first kappa shape index (κ1) is 14.3. The maximum atomic E-state index is 11.4. The molecule has 0 aliphatic rings. The third-order valence-corrected chi connectivity index (χ3v) is 3.69. The Balaban J connectivity index is 2.36. The molecule has 0 N–H and O–H groups in total. The van der Waals surface area contributed by atoms with Gasteiger partial charge in [0.05, 0.1) is 5.56 Å². The molecular formula is C15H15N3OS. The first-order chi connectivity index (χ1) is 9.76. The van der Waals surface area contributed by atoms with Crippen molar-refractivity contribution < 1.29 is 4.79 Å². The quantitative estimate of drug-likeness (QED) is 0.464. The van der Waals surface area contributed by atoms with Crippen molar-refractivity contribution in [2.45, 2.75) is 9.92 Å². The van der Waals surface area contributed by atoms with Gasteiger partial charge >= 0.3 is 0 Å². The van der Waals surface area contributed by atoms with Crippen LogP contribution in [0.4, 0.5) is 5.82 Å². The smallest absolute Gasteiger partial charge is 0.156 e. The molecular weight excluding hydrogens is 270 g/mol. The summed E-state index contributed by atoms with van der Waals surface area (Å²) < 4.78 is 0. The number of carbonyl (C=O) groups is 1. The molecule has 2 rings (SSSR count). The van der Waals surface area contributed by atoms with E-state index >= 15 is 0 Å². The normalized spacial score (nSPS) is 10.1. The Morgan fingerprint density at radius 1 is 1.30 bits per heavy atom. The van der Waals surface area contributed by atoms with Crippen molar-refractivity contribution >= 4 is 23.9 Å². The van der Waals surface area contributed by atoms with Crippen LogP contribution in [0.15, 0.2) is 59.2 Å². The molecule has 1 aromatic carbocycles. The van der Waals surface area contributed by atoms with Gasteiger partial charge in [-0.05, 0) is 12.1 Å². The lowest BCUT2D eigenvalue weighted by molar-refractivity contribution is 0.112. The lowest BCUT2D eigenvalue weighted by Crippen LogP contribution is -2.20. The molecule has 102 valence electrons. The number of aromatic nitrogens is 2. The predicted octanol–water partition coefficient (Wildman–Crippen LogP) is 3.06. The Hall–Kier alpha value is -2.14.